The smallest absolute Gasteiger partial charge is 0.337 e. The number of piperazine rings is 1. The number of carboxylic acid groups (broad SMARTS) is 1. The van der Waals surface area contributed by atoms with Crippen molar-refractivity contribution in [2.75, 3.05) is 43.4 Å². The van der Waals surface area contributed by atoms with Gasteiger partial charge < -0.3 is 15.7 Å². The number of benzene rings is 1. The lowest BCUT2D eigenvalue weighted by Crippen LogP contribution is -2.47. The van der Waals surface area contributed by atoms with Gasteiger partial charge in [-0.25, -0.2) is 4.79 Å². The molecule has 3 N–H and O–H groups in total. The molecule has 20 heavy (non-hydrogen) atoms. The highest BCUT2D eigenvalue weighted by molar-refractivity contribution is 5.95. The number of carboxylic acids is 1. The highest BCUT2D eigenvalue weighted by atomic mass is 16.4. The van der Waals surface area contributed by atoms with Crippen molar-refractivity contribution in [3.63, 3.8) is 0 Å². The minimum absolute atomic E-state index is 0.294. The summed E-state index contributed by atoms with van der Waals surface area (Å²) in [4.78, 5) is 15.9. The van der Waals surface area contributed by atoms with Crippen LogP contribution in [0.4, 0.5) is 11.4 Å². The first-order chi connectivity index (χ1) is 9.47. The molecule has 1 heterocycles. The number of anilines is 2. The van der Waals surface area contributed by atoms with Gasteiger partial charge in [-0.15, -0.1) is 0 Å². The molecule has 1 saturated heterocycles. The van der Waals surface area contributed by atoms with Crippen LogP contribution < -0.4 is 10.6 Å². The molecule has 5 heteroatoms. The molecular formula is C15H23N3O2. The fraction of sp³-hybridized carbons (Fsp3) is 0.533. The summed E-state index contributed by atoms with van der Waals surface area (Å²) in [7, 11) is 0. The first-order valence-electron chi connectivity index (χ1n) is 7.07. The number of aromatic carboxylic acids is 1. The van der Waals surface area contributed by atoms with Gasteiger partial charge in [-0.2, -0.15) is 0 Å². The summed E-state index contributed by atoms with van der Waals surface area (Å²) in [6, 6.07) is 5.12. The van der Waals surface area contributed by atoms with Crippen molar-refractivity contribution in [2.24, 2.45) is 5.92 Å². The second-order valence-corrected chi connectivity index (χ2v) is 5.76. The zero-order valence-electron chi connectivity index (χ0n) is 12.2. The normalized spacial score (nSPS) is 16.6. The van der Waals surface area contributed by atoms with Crippen LogP contribution in [0.25, 0.3) is 0 Å². The third-order valence-corrected chi connectivity index (χ3v) is 3.59. The summed E-state index contributed by atoms with van der Waals surface area (Å²) >= 11 is 0. The molecule has 0 atom stereocenters. The Morgan fingerprint density at radius 3 is 2.50 bits per heavy atom. The van der Waals surface area contributed by atoms with Crippen molar-refractivity contribution in [1.29, 1.82) is 0 Å². The summed E-state index contributed by atoms with van der Waals surface area (Å²) in [5, 5.41) is 9.30. The molecule has 0 amide bonds. The van der Waals surface area contributed by atoms with Gasteiger partial charge in [0, 0.05) is 38.4 Å². The molecule has 0 aromatic heterocycles. The average Bonchev–Trinajstić information content (AvgIpc) is 2.39. The lowest BCUT2D eigenvalue weighted by Gasteiger charge is -2.37. The number of carbonyl (C=O) groups is 1. The van der Waals surface area contributed by atoms with Crippen LogP contribution in [-0.2, 0) is 0 Å². The minimum Gasteiger partial charge on any atom is -0.478 e. The highest BCUT2D eigenvalue weighted by Crippen LogP contribution is 2.24. The predicted molar refractivity (Wildman–Crippen MR) is 81.3 cm³/mol. The second-order valence-electron chi connectivity index (χ2n) is 5.76. The number of nitrogens with two attached hydrogens (primary N) is 1. The molecule has 5 nitrogen and oxygen atoms in total. The van der Waals surface area contributed by atoms with Gasteiger partial charge in [0.05, 0.1) is 11.3 Å². The van der Waals surface area contributed by atoms with Crippen LogP contribution in [0.5, 0.6) is 0 Å². The Hall–Kier alpha value is -1.75. The first kappa shape index (κ1) is 14.7. The van der Waals surface area contributed by atoms with E-state index in [-0.39, 0.29) is 0 Å². The molecule has 0 bridgehead atoms. The van der Waals surface area contributed by atoms with Crippen molar-refractivity contribution < 1.29 is 9.90 Å². The minimum atomic E-state index is -0.920. The lowest BCUT2D eigenvalue weighted by atomic mass is 10.1. The maximum atomic E-state index is 11.3. The van der Waals surface area contributed by atoms with E-state index < -0.39 is 5.97 Å². The lowest BCUT2D eigenvalue weighted by molar-refractivity contribution is 0.0697. The van der Waals surface area contributed by atoms with E-state index in [0.29, 0.717) is 17.2 Å². The van der Waals surface area contributed by atoms with Gasteiger partial charge in [0.15, 0.2) is 0 Å². The largest absolute Gasteiger partial charge is 0.478 e. The molecule has 0 saturated carbocycles. The van der Waals surface area contributed by atoms with Gasteiger partial charge in [0.25, 0.3) is 0 Å². The zero-order chi connectivity index (χ0) is 14.7. The SMILES string of the molecule is CC(C)CN1CCN(c2ccc(N)cc2C(=O)O)CC1. The van der Waals surface area contributed by atoms with Gasteiger partial charge in [0.2, 0.25) is 0 Å². The molecule has 1 fully saturated rings. The zero-order valence-corrected chi connectivity index (χ0v) is 12.2. The molecule has 1 aromatic rings. The van der Waals surface area contributed by atoms with E-state index >= 15 is 0 Å². The van der Waals surface area contributed by atoms with E-state index in [1.807, 2.05) is 6.07 Å². The van der Waals surface area contributed by atoms with Gasteiger partial charge >= 0.3 is 5.97 Å². The maximum Gasteiger partial charge on any atom is 0.337 e. The Bertz CT molecular complexity index is 480. The van der Waals surface area contributed by atoms with Gasteiger partial charge in [-0.1, -0.05) is 13.8 Å². The van der Waals surface area contributed by atoms with Gasteiger partial charge in [0.1, 0.15) is 0 Å². The third-order valence-electron chi connectivity index (χ3n) is 3.59. The van der Waals surface area contributed by atoms with Crippen molar-refractivity contribution in [3.8, 4) is 0 Å². The Labute approximate surface area is 120 Å². The van der Waals surface area contributed by atoms with Crippen LogP contribution in [0, 0.1) is 5.92 Å². The first-order valence-corrected chi connectivity index (χ1v) is 7.07. The molecule has 0 unspecified atom stereocenters. The Morgan fingerprint density at radius 1 is 1.30 bits per heavy atom. The molecule has 1 aromatic carbocycles. The van der Waals surface area contributed by atoms with E-state index in [4.69, 9.17) is 5.73 Å². The van der Waals surface area contributed by atoms with Crippen molar-refractivity contribution in [2.45, 2.75) is 13.8 Å². The van der Waals surface area contributed by atoms with E-state index in [1.165, 1.54) is 6.07 Å². The molecule has 0 aliphatic carbocycles. The third kappa shape index (κ3) is 3.42. The number of nitrogens with zero attached hydrogens (tertiary/aromatic N) is 2. The van der Waals surface area contributed by atoms with E-state index in [9.17, 15) is 9.90 Å². The molecular weight excluding hydrogens is 254 g/mol. The van der Waals surface area contributed by atoms with Crippen molar-refractivity contribution >= 4 is 17.3 Å². The second kappa shape index (κ2) is 6.13. The molecule has 1 aliphatic heterocycles. The molecule has 0 radical (unpaired) electrons. The van der Waals surface area contributed by atoms with Crippen LogP contribution in [0.1, 0.15) is 24.2 Å². The highest BCUT2D eigenvalue weighted by Gasteiger charge is 2.21. The summed E-state index contributed by atoms with van der Waals surface area (Å²) in [5.41, 5.74) is 7.24. The Balaban J connectivity index is 2.09. The Kier molecular flexibility index (Phi) is 4.49. The monoisotopic (exact) mass is 277 g/mol. The molecule has 1 aliphatic rings. The van der Waals surface area contributed by atoms with Crippen molar-refractivity contribution in [3.05, 3.63) is 23.8 Å². The number of hydrogen-bond acceptors (Lipinski definition) is 4. The number of rotatable bonds is 4. The molecule has 2 rings (SSSR count). The quantitative estimate of drug-likeness (QED) is 0.820. The average molecular weight is 277 g/mol. The fourth-order valence-corrected chi connectivity index (χ4v) is 2.69. The van der Waals surface area contributed by atoms with Crippen LogP contribution >= 0.6 is 0 Å². The maximum absolute atomic E-state index is 11.3. The standard InChI is InChI=1S/C15H23N3O2/c1-11(2)10-17-5-7-18(8-6-17)14-4-3-12(16)9-13(14)15(19)20/h3-4,9,11H,5-8,10,16H2,1-2H3,(H,19,20). The molecule has 0 spiro atoms. The van der Waals surface area contributed by atoms with Crippen molar-refractivity contribution in [1.82, 2.24) is 4.90 Å². The van der Waals surface area contributed by atoms with E-state index in [0.717, 1.165) is 38.4 Å². The van der Waals surface area contributed by atoms with E-state index in [1.54, 1.807) is 6.07 Å². The van der Waals surface area contributed by atoms with Crippen LogP contribution in [0.15, 0.2) is 18.2 Å². The Morgan fingerprint density at radius 2 is 1.95 bits per heavy atom. The van der Waals surface area contributed by atoms with Gasteiger partial charge in [-0.3, -0.25) is 4.90 Å². The molecule has 110 valence electrons. The number of hydrogen-bond donors (Lipinski definition) is 2. The van der Waals surface area contributed by atoms with Gasteiger partial charge in [-0.05, 0) is 24.1 Å². The van der Waals surface area contributed by atoms with Crippen LogP contribution in [0.2, 0.25) is 0 Å². The number of nitrogen functional groups attached to an aromatic ring is 1. The summed E-state index contributed by atoms with van der Waals surface area (Å²) in [6.45, 7) is 9.20. The summed E-state index contributed by atoms with van der Waals surface area (Å²) in [5.74, 6) is -0.260. The summed E-state index contributed by atoms with van der Waals surface area (Å²) in [6.07, 6.45) is 0. The summed E-state index contributed by atoms with van der Waals surface area (Å²) < 4.78 is 0. The topological polar surface area (TPSA) is 69.8 Å². The van der Waals surface area contributed by atoms with Crippen LogP contribution in [0.3, 0.4) is 0 Å². The fourth-order valence-electron chi connectivity index (χ4n) is 2.69. The van der Waals surface area contributed by atoms with Crippen LogP contribution in [-0.4, -0.2) is 48.7 Å². The van der Waals surface area contributed by atoms with E-state index in [2.05, 4.69) is 23.6 Å². The predicted octanol–water partition coefficient (Wildman–Crippen LogP) is 1.75.